The molecule has 2 aromatic rings. The van der Waals surface area contributed by atoms with E-state index in [9.17, 15) is 9.18 Å². The summed E-state index contributed by atoms with van der Waals surface area (Å²) < 4.78 is 13.6. The summed E-state index contributed by atoms with van der Waals surface area (Å²) in [5.74, 6) is 0.189. The molecule has 1 aromatic heterocycles. The molecule has 158 valence electrons. The smallest absolute Gasteiger partial charge is 0.251 e. The number of benzene rings is 1. The molecule has 0 atom stereocenters. The normalized spacial score (nSPS) is 14.4. The molecule has 1 saturated heterocycles. The van der Waals surface area contributed by atoms with Crippen molar-refractivity contribution < 1.29 is 9.18 Å². The van der Waals surface area contributed by atoms with Gasteiger partial charge >= 0.3 is 0 Å². The van der Waals surface area contributed by atoms with E-state index in [0.717, 1.165) is 32.1 Å². The van der Waals surface area contributed by atoms with Crippen LogP contribution < -0.4 is 15.5 Å². The lowest BCUT2D eigenvalue weighted by atomic mass is 10.1. The van der Waals surface area contributed by atoms with Crippen LogP contribution in [0.15, 0.2) is 40.7 Å². The molecule has 2 N–H and O–H groups in total. The second-order valence-corrected chi connectivity index (χ2v) is 7.55. The summed E-state index contributed by atoms with van der Waals surface area (Å²) in [5, 5.41) is 9.49. The summed E-state index contributed by atoms with van der Waals surface area (Å²) in [6.07, 6.45) is 0. The van der Waals surface area contributed by atoms with Gasteiger partial charge in [-0.15, -0.1) is 35.3 Å². The maximum Gasteiger partial charge on any atom is 0.251 e. The quantitative estimate of drug-likeness (QED) is 0.270. The van der Waals surface area contributed by atoms with Crippen molar-refractivity contribution in [3.63, 3.8) is 0 Å². The van der Waals surface area contributed by atoms with E-state index >= 15 is 0 Å². The molecular weight excluding hydrogens is 504 g/mol. The van der Waals surface area contributed by atoms with E-state index in [4.69, 9.17) is 0 Å². The molecule has 1 fully saturated rings. The van der Waals surface area contributed by atoms with Gasteiger partial charge in [-0.05, 0) is 42.1 Å². The molecule has 9 heteroatoms. The Labute approximate surface area is 192 Å². The number of anilines is 1. The van der Waals surface area contributed by atoms with E-state index < -0.39 is 0 Å². The Morgan fingerprint density at radius 1 is 1.17 bits per heavy atom. The number of nitrogens with zero attached hydrogens (tertiary/aromatic N) is 3. The zero-order valence-electron chi connectivity index (χ0n) is 16.7. The fraction of sp³-hybridized carbons (Fsp3) is 0.400. The summed E-state index contributed by atoms with van der Waals surface area (Å²) in [7, 11) is 1.77. The first-order valence-electron chi connectivity index (χ1n) is 9.37. The number of halogens is 2. The van der Waals surface area contributed by atoms with Gasteiger partial charge in [0, 0.05) is 51.9 Å². The summed E-state index contributed by atoms with van der Waals surface area (Å²) >= 11 is 1.76. The molecule has 1 amide bonds. The monoisotopic (exact) mass is 531 g/mol. The molecule has 0 saturated carbocycles. The van der Waals surface area contributed by atoms with Crippen LogP contribution in [0.2, 0.25) is 0 Å². The number of hydrogen-bond donors (Lipinski definition) is 2. The number of thiophene rings is 1. The fourth-order valence-corrected chi connectivity index (χ4v) is 3.89. The second-order valence-electron chi connectivity index (χ2n) is 6.62. The zero-order chi connectivity index (χ0) is 19.9. The summed E-state index contributed by atoms with van der Waals surface area (Å²) in [5.41, 5.74) is 0.860. The molecule has 3 rings (SSSR count). The van der Waals surface area contributed by atoms with Crippen LogP contribution in [0.1, 0.15) is 15.9 Å². The third-order valence-electron chi connectivity index (χ3n) is 4.74. The Hall–Kier alpha value is -1.88. The van der Waals surface area contributed by atoms with Gasteiger partial charge in [0.05, 0.1) is 5.00 Å². The van der Waals surface area contributed by atoms with Crippen molar-refractivity contribution in [3.8, 4) is 0 Å². The number of aliphatic imine (C=N–C) groups is 1. The largest absolute Gasteiger partial charge is 0.360 e. The van der Waals surface area contributed by atoms with Gasteiger partial charge in [-0.3, -0.25) is 9.79 Å². The highest BCUT2D eigenvalue weighted by Crippen LogP contribution is 2.22. The van der Waals surface area contributed by atoms with Crippen molar-refractivity contribution in [2.75, 3.05) is 51.2 Å². The summed E-state index contributed by atoms with van der Waals surface area (Å²) in [6, 6.07) is 8.74. The number of nitrogens with one attached hydrogen (secondary N) is 2. The SMILES string of the molecule is CN=C(NCCNC(=O)c1ccc(C)c(F)c1)N1CCN(c2cccs2)CC1.I. The average Bonchev–Trinajstić information content (AvgIpc) is 3.25. The molecule has 2 heterocycles. The van der Waals surface area contributed by atoms with Crippen LogP contribution in [-0.4, -0.2) is 63.1 Å². The number of aryl methyl sites for hydroxylation is 1. The standard InChI is InChI=1S/C20H26FN5OS.HI/c1-15-5-6-16(14-17(15)21)19(27)23-7-8-24-20(22-2)26-11-9-25(10-12-26)18-4-3-13-28-18;/h3-6,13-14H,7-12H2,1-2H3,(H,22,24)(H,23,27);1H. The predicted molar refractivity (Wildman–Crippen MR) is 128 cm³/mol. The molecule has 0 bridgehead atoms. The van der Waals surface area contributed by atoms with E-state index in [2.05, 4.69) is 42.9 Å². The summed E-state index contributed by atoms with van der Waals surface area (Å²) in [6.45, 7) is 6.36. The Balaban J connectivity index is 0.00000300. The van der Waals surface area contributed by atoms with Crippen molar-refractivity contribution in [1.29, 1.82) is 0 Å². The highest BCUT2D eigenvalue weighted by molar-refractivity contribution is 14.0. The van der Waals surface area contributed by atoms with Gasteiger partial charge in [-0.25, -0.2) is 4.39 Å². The minimum absolute atomic E-state index is 0. The van der Waals surface area contributed by atoms with Crippen LogP contribution in [0.4, 0.5) is 9.39 Å². The maximum absolute atomic E-state index is 13.6. The molecule has 1 aromatic carbocycles. The molecule has 6 nitrogen and oxygen atoms in total. The Bertz CT molecular complexity index is 822. The first kappa shape index (κ1) is 23.4. The van der Waals surface area contributed by atoms with Gasteiger partial charge in [0.15, 0.2) is 5.96 Å². The zero-order valence-corrected chi connectivity index (χ0v) is 19.8. The van der Waals surface area contributed by atoms with Gasteiger partial charge in [0.2, 0.25) is 0 Å². The van der Waals surface area contributed by atoms with Gasteiger partial charge in [-0.2, -0.15) is 0 Å². The van der Waals surface area contributed by atoms with E-state index in [1.54, 1.807) is 37.4 Å². The molecule has 1 aliphatic rings. The minimum Gasteiger partial charge on any atom is -0.360 e. The third-order valence-corrected chi connectivity index (χ3v) is 5.67. The van der Waals surface area contributed by atoms with Gasteiger partial charge in [0.1, 0.15) is 5.82 Å². The van der Waals surface area contributed by atoms with Gasteiger partial charge < -0.3 is 20.4 Å². The predicted octanol–water partition coefficient (Wildman–Crippen LogP) is 2.94. The first-order chi connectivity index (χ1) is 13.6. The lowest BCUT2D eigenvalue weighted by Crippen LogP contribution is -2.53. The molecular formula is C20H27FIN5OS. The topological polar surface area (TPSA) is 60.0 Å². The van der Waals surface area contributed by atoms with Crippen molar-refractivity contribution >= 4 is 52.2 Å². The maximum atomic E-state index is 13.6. The van der Waals surface area contributed by atoms with E-state index in [1.165, 1.54) is 11.1 Å². The highest BCUT2D eigenvalue weighted by Gasteiger charge is 2.20. The summed E-state index contributed by atoms with van der Waals surface area (Å²) in [4.78, 5) is 21.1. The Morgan fingerprint density at radius 2 is 1.90 bits per heavy atom. The van der Waals surface area contributed by atoms with Gasteiger partial charge in [-0.1, -0.05) is 6.07 Å². The van der Waals surface area contributed by atoms with Crippen LogP contribution in [0.3, 0.4) is 0 Å². The fourth-order valence-electron chi connectivity index (χ4n) is 3.11. The molecule has 0 aliphatic carbocycles. The molecule has 29 heavy (non-hydrogen) atoms. The number of piperazine rings is 1. The number of carbonyl (C=O) groups excluding carboxylic acids is 1. The highest BCUT2D eigenvalue weighted by atomic mass is 127. The minimum atomic E-state index is -0.368. The van der Waals surface area contributed by atoms with Crippen LogP contribution in [0, 0.1) is 12.7 Å². The third kappa shape index (κ3) is 6.30. The number of hydrogen-bond acceptors (Lipinski definition) is 4. The van der Waals surface area contributed by atoms with E-state index in [1.807, 2.05) is 0 Å². The number of guanidine groups is 1. The number of amides is 1. The van der Waals surface area contributed by atoms with Crippen LogP contribution >= 0.6 is 35.3 Å². The first-order valence-corrected chi connectivity index (χ1v) is 10.2. The van der Waals surface area contributed by atoms with Crippen molar-refractivity contribution in [3.05, 3.63) is 52.7 Å². The lowest BCUT2D eigenvalue weighted by molar-refractivity contribution is 0.0954. The lowest BCUT2D eigenvalue weighted by Gasteiger charge is -2.37. The van der Waals surface area contributed by atoms with Gasteiger partial charge in [0.25, 0.3) is 5.91 Å². The Kier molecular flexibility index (Phi) is 9.15. The van der Waals surface area contributed by atoms with E-state index in [-0.39, 0.29) is 35.7 Å². The number of rotatable bonds is 5. The molecule has 1 aliphatic heterocycles. The van der Waals surface area contributed by atoms with Crippen LogP contribution in [0.5, 0.6) is 0 Å². The second kappa shape index (κ2) is 11.3. The van der Waals surface area contributed by atoms with Crippen LogP contribution in [0.25, 0.3) is 0 Å². The Morgan fingerprint density at radius 3 is 2.52 bits per heavy atom. The van der Waals surface area contributed by atoms with Crippen molar-refractivity contribution in [2.24, 2.45) is 4.99 Å². The number of carbonyl (C=O) groups is 1. The van der Waals surface area contributed by atoms with Crippen LogP contribution in [-0.2, 0) is 0 Å². The molecule has 0 radical (unpaired) electrons. The van der Waals surface area contributed by atoms with Crippen molar-refractivity contribution in [1.82, 2.24) is 15.5 Å². The van der Waals surface area contributed by atoms with Crippen molar-refractivity contribution in [2.45, 2.75) is 6.92 Å². The molecule has 0 unspecified atom stereocenters. The average molecular weight is 531 g/mol. The molecule has 0 spiro atoms. The van der Waals surface area contributed by atoms with E-state index in [0.29, 0.717) is 24.2 Å².